The molecule has 0 saturated carbocycles. The lowest BCUT2D eigenvalue weighted by Crippen LogP contribution is -2.11. The van der Waals surface area contributed by atoms with Crippen LogP contribution in [0.15, 0.2) is 36.7 Å². The quantitative estimate of drug-likeness (QED) is 0.790. The molecule has 16 heavy (non-hydrogen) atoms. The van der Waals surface area contributed by atoms with Crippen molar-refractivity contribution in [3.05, 3.63) is 47.9 Å². The zero-order chi connectivity index (χ0) is 11.0. The molecule has 0 aromatic carbocycles. The third kappa shape index (κ3) is 1.44. The second-order valence-corrected chi connectivity index (χ2v) is 4.18. The molecule has 1 N–H and O–H groups in total. The summed E-state index contributed by atoms with van der Waals surface area (Å²) in [6.07, 6.45) is 6.44. The fourth-order valence-corrected chi connectivity index (χ4v) is 2.38. The summed E-state index contributed by atoms with van der Waals surface area (Å²) in [6, 6.07) is 7.89. The summed E-state index contributed by atoms with van der Waals surface area (Å²) in [5.41, 5.74) is 2.27. The minimum atomic E-state index is -0.297. The predicted octanol–water partition coefficient (Wildman–Crippen LogP) is 2.24. The molecule has 2 aromatic rings. The molecule has 0 bridgehead atoms. The third-order valence-corrected chi connectivity index (χ3v) is 3.17. The predicted molar refractivity (Wildman–Crippen MR) is 61.5 cm³/mol. The number of hydrogen-bond donors (Lipinski definition) is 1. The van der Waals surface area contributed by atoms with E-state index in [1.807, 2.05) is 30.5 Å². The smallest absolute Gasteiger partial charge is 0.136 e. The molecule has 3 nitrogen and oxygen atoms in total. The molecule has 1 aliphatic rings. The fourth-order valence-electron chi connectivity index (χ4n) is 2.38. The molecule has 0 saturated heterocycles. The van der Waals surface area contributed by atoms with E-state index in [9.17, 15) is 5.11 Å². The monoisotopic (exact) mass is 214 g/mol. The van der Waals surface area contributed by atoms with Crippen LogP contribution in [0.1, 0.15) is 30.2 Å². The van der Waals surface area contributed by atoms with E-state index in [0.717, 1.165) is 30.6 Å². The number of hydrogen-bond acceptors (Lipinski definition) is 2. The van der Waals surface area contributed by atoms with Gasteiger partial charge in [0.15, 0.2) is 0 Å². The first kappa shape index (κ1) is 9.60. The average molecular weight is 214 g/mol. The summed E-state index contributed by atoms with van der Waals surface area (Å²) in [5.74, 6) is 0.929. The summed E-state index contributed by atoms with van der Waals surface area (Å²) in [6.45, 7) is 0. The highest BCUT2D eigenvalue weighted by Crippen LogP contribution is 2.31. The van der Waals surface area contributed by atoms with E-state index >= 15 is 0 Å². The highest BCUT2D eigenvalue weighted by atomic mass is 16.3. The van der Waals surface area contributed by atoms with E-state index in [0.29, 0.717) is 0 Å². The molecule has 0 spiro atoms. The average Bonchev–Trinajstić information content (AvgIpc) is 2.75. The van der Waals surface area contributed by atoms with Gasteiger partial charge in [0.1, 0.15) is 5.82 Å². The van der Waals surface area contributed by atoms with Crippen molar-refractivity contribution in [1.82, 2.24) is 9.55 Å². The van der Waals surface area contributed by atoms with E-state index in [-0.39, 0.29) is 6.10 Å². The minimum absolute atomic E-state index is 0.297. The van der Waals surface area contributed by atoms with E-state index in [2.05, 4.69) is 9.55 Å². The number of aliphatic hydroxyl groups excluding tert-OH is 1. The second-order valence-electron chi connectivity index (χ2n) is 4.18. The van der Waals surface area contributed by atoms with E-state index in [4.69, 9.17) is 0 Å². The first-order valence-electron chi connectivity index (χ1n) is 5.66. The molecule has 1 atom stereocenters. The SMILES string of the molecule is OC1CCCc2c1ccn2-c1ccccn1. The first-order valence-corrected chi connectivity index (χ1v) is 5.66. The van der Waals surface area contributed by atoms with Crippen molar-refractivity contribution in [3.8, 4) is 5.82 Å². The van der Waals surface area contributed by atoms with Gasteiger partial charge in [-0.15, -0.1) is 0 Å². The molecule has 0 fully saturated rings. The van der Waals surface area contributed by atoms with Gasteiger partial charge in [0.25, 0.3) is 0 Å². The lowest BCUT2D eigenvalue weighted by atomic mass is 9.95. The van der Waals surface area contributed by atoms with E-state index in [1.54, 1.807) is 6.20 Å². The van der Waals surface area contributed by atoms with Crippen molar-refractivity contribution >= 4 is 0 Å². The van der Waals surface area contributed by atoms with Crippen LogP contribution in [0.4, 0.5) is 0 Å². The number of nitrogens with zero attached hydrogens (tertiary/aromatic N) is 2. The summed E-state index contributed by atoms with van der Waals surface area (Å²) in [7, 11) is 0. The van der Waals surface area contributed by atoms with Gasteiger partial charge in [-0.2, -0.15) is 0 Å². The second kappa shape index (κ2) is 3.76. The van der Waals surface area contributed by atoms with Crippen molar-refractivity contribution in [2.45, 2.75) is 25.4 Å². The molecular formula is C13H14N2O. The molecular weight excluding hydrogens is 200 g/mol. The van der Waals surface area contributed by atoms with Crippen LogP contribution in [-0.4, -0.2) is 14.7 Å². The fraction of sp³-hybridized carbons (Fsp3) is 0.308. The van der Waals surface area contributed by atoms with Crippen LogP contribution >= 0.6 is 0 Å². The number of pyridine rings is 1. The zero-order valence-corrected chi connectivity index (χ0v) is 9.00. The standard InChI is InChI=1S/C13H14N2O/c16-12-5-3-4-11-10(12)7-9-15(11)13-6-1-2-8-14-13/h1-2,6-9,12,16H,3-5H2. The Morgan fingerprint density at radius 2 is 2.25 bits per heavy atom. The zero-order valence-electron chi connectivity index (χ0n) is 9.00. The maximum Gasteiger partial charge on any atom is 0.136 e. The van der Waals surface area contributed by atoms with Gasteiger partial charge >= 0.3 is 0 Å². The third-order valence-electron chi connectivity index (χ3n) is 3.17. The van der Waals surface area contributed by atoms with Crippen LogP contribution in [0.3, 0.4) is 0 Å². The number of aromatic nitrogens is 2. The molecule has 2 heterocycles. The van der Waals surface area contributed by atoms with Crippen LogP contribution in [0.25, 0.3) is 5.82 Å². The van der Waals surface area contributed by atoms with Crippen LogP contribution in [0.2, 0.25) is 0 Å². The van der Waals surface area contributed by atoms with Crippen molar-refractivity contribution < 1.29 is 5.11 Å². The Hall–Kier alpha value is -1.61. The molecule has 1 aliphatic carbocycles. The largest absolute Gasteiger partial charge is 0.388 e. The Balaban J connectivity index is 2.10. The van der Waals surface area contributed by atoms with Gasteiger partial charge in [0, 0.05) is 23.7 Å². The van der Waals surface area contributed by atoms with Crippen LogP contribution in [-0.2, 0) is 6.42 Å². The van der Waals surface area contributed by atoms with Gasteiger partial charge in [-0.3, -0.25) is 0 Å². The number of rotatable bonds is 1. The van der Waals surface area contributed by atoms with Crippen LogP contribution < -0.4 is 0 Å². The van der Waals surface area contributed by atoms with Crippen LogP contribution in [0, 0.1) is 0 Å². The molecule has 1 unspecified atom stereocenters. The highest BCUT2D eigenvalue weighted by molar-refractivity contribution is 5.35. The minimum Gasteiger partial charge on any atom is -0.388 e. The summed E-state index contributed by atoms with van der Waals surface area (Å²) >= 11 is 0. The molecule has 82 valence electrons. The Kier molecular flexibility index (Phi) is 2.26. The molecule has 2 aromatic heterocycles. The Labute approximate surface area is 94.4 Å². The van der Waals surface area contributed by atoms with Gasteiger partial charge in [0.2, 0.25) is 0 Å². The highest BCUT2D eigenvalue weighted by Gasteiger charge is 2.21. The Morgan fingerprint density at radius 1 is 1.31 bits per heavy atom. The van der Waals surface area contributed by atoms with Gasteiger partial charge in [0.05, 0.1) is 6.10 Å². The van der Waals surface area contributed by atoms with Crippen molar-refractivity contribution in [2.24, 2.45) is 0 Å². The van der Waals surface area contributed by atoms with E-state index in [1.165, 1.54) is 5.69 Å². The normalized spacial score (nSPS) is 19.4. The van der Waals surface area contributed by atoms with Gasteiger partial charge in [-0.05, 0) is 37.5 Å². The first-order chi connectivity index (χ1) is 7.86. The van der Waals surface area contributed by atoms with Crippen LogP contribution in [0.5, 0.6) is 0 Å². The number of aliphatic hydroxyl groups is 1. The van der Waals surface area contributed by atoms with Gasteiger partial charge < -0.3 is 9.67 Å². The lowest BCUT2D eigenvalue weighted by Gasteiger charge is -2.19. The number of fused-ring (bicyclic) bond motifs is 1. The summed E-state index contributed by atoms with van der Waals surface area (Å²) in [4.78, 5) is 4.34. The Bertz CT molecular complexity index is 490. The van der Waals surface area contributed by atoms with Crippen molar-refractivity contribution in [2.75, 3.05) is 0 Å². The van der Waals surface area contributed by atoms with Gasteiger partial charge in [-0.25, -0.2) is 4.98 Å². The Morgan fingerprint density at radius 3 is 3.06 bits per heavy atom. The summed E-state index contributed by atoms with van der Waals surface area (Å²) < 4.78 is 2.08. The maximum atomic E-state index is 9.89. The maximum absolute atomic E-state index is 9.89. The van der Waals surface area contributed by atoms with Crippen molar-refractivity contribution in [3.63, 3.8) is 0 Å². The van der Waals surface area contributed by atoms with Gasteiger partial charge in [-0.1, -0.05) is 6.07 Å². The van der Waals surface area contributed by atoms with E-state index < -0.39 is 0 Å². The summed E-state index contributed by atoms with van der Waals surface area (Å²) in [5, 5.41) is 9.89. The topological polar surface area (TPSA) is 38.0 Å². The molecule has 0 amide bonds. The molecule has 3 heteroatoms. The lowest BCUT2D eigenvalue weighted by molar-refractivity contribution is 0.156. The molecule has 0 radical (unpaired) electrons. The molecule has 3 rings (SSSR count). The van der Waals surface area contributed by atoms with Crippen molar-refractivity contribution in [1.29, 1.82) is 0 Å². The molecule has 0 aliphatic heterocycles.